The zero-order chi connectivity index (χ0) is 13.3. The second-order valence-electron chi connectivity index (χ2n) is 4.04. The molecule has 2 rings (SSSR count). The van der Waals surface area contributed by atoms with Gasteiger partial charge in [-0.15, -0.1) is 0 Å². The lowest BCUT2D eigenvalue weighted by molar-refractivity contribution is 0.0696. The second-order valence-corrected chi connectivity index (χ2v) is 4.04. The van der Waals surface area contributed by atoms with Crippen molar-refractivity contribution in [2.75, 3.05) is 7.11 Å². The molecule has 18 heavy (non-hydrogen) atoms. The Hall–Kier alpha value is -2.30. The first-order chi connectivity index (χ1) is 8.54. The molecule has 0 atom stereocenters. The number of carboxylic acid groups (broad SMARTS) is 1. The summed E-state index contributed by atoms with van der Waals surface area (Å²) in [5.41, 5.74) is 2.56. The van der Waals surface area contributed by atoms with Gasteiger partial charge in [-0.25, -0.2) is 9.48 Å². The van der Waals surface area contributed by atoms with E-state index in [1.165, 1.54) is 6.20 Å². The summed E-state index contributed by atoms with van der Waals surface area (Å²) >= 11 is 0. The average Bonchev–Trinajstić information content (AvgIpc) is 2.71. The summed E-state index contributed by atoms with van der Waals surface area (Å²) in [4.78, 5) is 11.0. The van der Waals surface area contributed by atoms with Gasteiger partial charge in [0.1, 0.15) is 17.0 Å². The molecular weight excluding hydrogens is 232 g/mol. The van der Waals surface area contributed by atoms with Gasteiger partial charge in [-0.2, -0.15) is 5.10 Å². The predicted octanol–water partition coefficient (Wildman–Crippen LogP) is 2.20. The van der Waals surface area contributed by atoms with Crippen LogP contribution in [0.1, 0.15) is 21.6 Å². The lowest BCUT2D eigenvalue weighted by Gasteiger charge is -2.11. The van der Waals surface area contributed by atoms with Crippen LogP contribution >= 0.6 is 0 Å². The molecule has 1 heterocycles. The van der Waals surface area contributed by atoms with E-state index in [2.05, 4.69) is 5.10 Å². The number of methoxy groups -OCH3 is 1. The molecule has 0 spiro atoms. The fourth-order valence-corrected chi connectivity index (χ4v) is 1.83. The number of hydrogen-bond donors (Lipinski definition) is 1. The van der Waals surface area contributed by atoms with Crippen LogP contribution in [-0.2, 0) is 0 Å². The highest BCUT2D eigenvalue weighted by Gasteiger charge is 2.16. The minimum Gasteiger partial charge on any atom is -0.494 e. The SMILES string of the molecule is COc1ccc(C)cc1-n1ncc(C(=O)O)c1C. The molecule has 2 aromatic rings. The Labute approximate surface area is 105 Å². The summed E-state index contributed by atoms with van der Waals surface area (Å²) in [6.45, 7) is 3.68. The third-order valence-corrected chi connectivity index (χ3v) is 2.80. The molecule has 0 aliphatic rings. The van der Waals surface area contributed by atoms with E-state index >= 15 is 0 Å². The highest BCUT2D eigenvalue weighted by Crippen LogP contribution is 2.25. The zero-order valence-corrected chi connectivity index (χ0v) is 10.5. The largest absolute Gasteiger partial charge is 0.494 e. The number of hydrogen-bond acceptors (Lipinski definition) is 3. The van der Waals surface area contributed by atoms with Crippen LogP contribution in [0, 0.1) is 13.8 Å². The molecule has 0 radical (unpaired) electrons. The maximum Gasteiger partial charge on any atom is 0.339 e. The van der Waals surface area contributed by atoms with Crippen LogP contribution in [0.25, 0.3) is 5.69 Å². The van der Waals surface area contributed by atoms with Gasteiger partial charge in [0, 0.05) is 0 Å². The Morgan fingerprint density at radius 2 is 2.11 bits per heavy atom. The minimum atomic E-state index is -0.981. The molecule has 0 saturated carbocycles. The third kappa shape index (κ3) is 1.95. The van der Waals surface area contributed by atoms with Crippen LogP contribution < -0.4 is 4.74 Å². The van der Waals surface area contributed by atoms with E-state index in [4.69, 9.17) is 9.84 Å². The van der Waals surface area contributed by atoms with Crippen molar-refractivity contribution in [1.82, 2.24) is 9.78 Å². The lowest BCUT2D eigenvalue weighted by atomic mass is 10.2. The molecule has 1 aromatic carbocycles. The van der Waals surface area contributed by atoms with Gasteiger partial charge in [0.25, 0.3) is 0 Å². The summed E-state index contributed by atoms with van der Waals surface area (Å²) in [5.74, 6) is -0.325. The Bertz CT molecular complexity index is 602. The quantitative estimate of drug-likeness (QED) is 0.901. The van der Waals surface area contributed by atoms with E-state index in [-0.39, 0.29) is 5.56 Å². The second kappa shape index (κ2) is 4.52. The number of ether oxygens (including phenoxy) is 1. The van der Waals surface area contributed by atoms with E-state index < -0.39 is 5.97 Å². The van der Waals surface area contributed by atoms with Crippen molar-refractivity contribution in [2.45, 2.75) is 13.8 Å². The van der Waals surface area contributed by atoms with Crippen molar-refractivity contribution in [3.05, 3.63) is 41.2 Å². The molecule has 5 nitrogen and oxygen atoms in total. The molecule has 0 aliphatic heterocycles. The van der Waals surface area contributed by atoms with Crippen LogP contribution in [0.5, 0.6) is 5.75 Å². The van der Waals surface area contributed by atoms with Gasteiger partial charge in [-0.3, -0.25) is 0 Å². The maximum absolute atomic E-state index is 11.0. The molecule has 5 heteroatoms. The molecule has 0 aliphatic carbocycles. The van der Waals surface area contributed by atoms with Gasteiger partial charge in [0.2, 0.25) is 0 Å². The van der Waals surface area contributed by atoms with Crippen LogP contribution in [-0.4, -0.2) is 28.0 Å². The Balaban J connectivity index is 2.61. The van der Waals surface area contributed by atoms with Crippen molar-refractivity contribution >= 4 is 5.97 Å². The van der Waals surface area contributed by atoms with Crippen molar-refractivity contribution in [3.63, 3.8) is 0 Å². The molecule has 1 aromatic heterocycles. The topological polar surface area (TPSA) is 64.4 Å². The summed E-state index contributed by atoms with van der Waals surface area (Å²) in [5, 5.41) is 13.1. The number of rotatable bonds is 3. The van der Waals surface area contributed by atoms with Crippen LogP contribution in [0.3, 0.4) is 0 Å². The number of aromatic carboxylic acids is 1. The summed E-state index contributed by atoms with van der Waals surface area (Å²) in [6, 6.07) is 5.68. The first-order valence-electron chi connectivity index (χ1n) is 5.47. The van der Waals surface area contributed by atoms with Crippen molar-refractivity contribution < 1.29 is 14.6 Å². The van der Waals surface area contributed by atoms with Crippen LogP contribution in [0.2, 0.25) is 0 Å². The monoisotopic (exact) mass is 246 g/mol. The highest BCUT2D eigenvalue weighted by molar-refractivity contribution is 5.88. The number of carboxylic acids is 1. The Morgan fingerprint density at radius 1 is 1.39 bits per heavy atom. The number of aromatic nitrogens is 2. The number of carbonyl (C=O) groups is 1. The first-order valence-corrected chi connectivity index (χ1v) is 5.47. The van der Waals surface area contributed by atoms with E-state index in [1.54, 1.807) is 18.7 Å². The molecule has 0 saturated heterocycles. The van der Waals surface area contributed by atoms with E-state index in [1.807, 2.05) is 25.1 Å². The predicted molar refractivity (Wildman–Crippen MR) is 66.5 cm³/mol. The molecule has 94 valence electrons. The molecule has 0 unspecified atom stereocenters. The van der Waals surface area contributed by atoms with Gasteiger partial charge >= 0.3 is 5.97 Å². The molecule has 0 amide bonds. The van der Waals surface area contributed by atoms with E-state index in [0.717, 1.165) is 11.3 Å². The number of benzene rings is 1. The van der Waals surface area contributed by atoms with Crippen molar-refractivity contribution in [2.24, 2.45) is 0 Å². The fourth-order valence-electron chi connectivity index (χ4n) is 1.83. The molecule has 0 fully saturated rings. The standard InChI is InChI=1S/C13H14N2O3/c1-8-4-5-12(18-3)11(6-8)15-9(2)10(7-14-15)13(16)17/h4-7H,1-3H3,(H,16,17). The summed E-state index contributed by atoms with van der Waals surface area (Å²) < 4.78 is 6.85. The van der Waals surface area contributed by atoms with Gasteiger partial charge < -0.3 is 9.84 Å². The first kappa shape index (κ1) is 12.2. The van der Waals surface area contributed by atoms with Gasteiger partial charge in [0.05, 0.1) is 19.0 Å². The molecular formula is C13H14N2O3. The van der Waals surface area contributed by atoms with Crippen molar-refractivity contribution in [1.29, 1.82) is 0 Å². The molecule has 0 bridgehead atoms. The summed E-state index contributed by atoms with van der Waals surface area (Å²) in [6.07, 6.45) is 1.35. The normalized spacial score (nSPS) is 10.4. The Kier molecular flexibility index (Phi) is 3.06. The zero-order valence-electron chi connectivity index (χ0n) is 10.5. The smallest absolute Gasteiger partial charge is 0.339 e. The van der Waals surface area contributed by atoms with Crippen LogP contribution in [0.4, 0.5) is 0 Å². The summed E-state index contributed by atoms with van der Waals surface area (Å²) in [7, 11) is 1.57. The number of nitrogens with zero attached hydrogens (tertiary/aromatic N) is 2. The van der Waals surface area contributed by atoms with Crippen molar-refractivity contribution in [3.8, 4) is 11.4 Å². The minimum absolute atomic E-state index is 0.193. The highest BCUT2D eigenvalue weighted by atomic mass is 16.5. The Morgan fingerprint density at radius 3 is 2.67 bits per heavy atom. The van der Waals surface area contributed by atoms with Gasteiger partial charge in [0.15, 0.2) is 0 Å². The third-order valence-electron chi connectivity index (χ3n) is 2.80. The number of aryl methyl sites for hydroxylation is 1. The molecule has 1 N–H and O–H groups in total. The van der Waals surface area contributed by atoms with Gasteiger partial charge in [-0.1, -0.05) is 6.07 Å². The maximum atomic E-state index is 11.0. The van der Waals surface area contributed by atoms with Gasteiger partial charge in [-0.05, 0) is 31.5 Å². The van der Waals surface area contributed by atoms with E-state index in [0.29, 0.717) is 11.4 Å². The van der Waals surface area contributed by atoms with E-state index in [9.17, 15) is 4.79 Å². The van der Waals surface area contributed by atoms with Crippen LogP contribution in [0.15, 0.2) is 24.4 Å². The lowest BCUT2D eigenvalue weighted by Crippen LogP contribution is -2.04. The average molecular weight is 246 g/mol. The fraction of sp³-hybridized carbons (Fsp3) is 0.231.